The number of benzene rings is 2. The number of aromatic nitrogens is 2. The molecule has 0 fully saturated rings. The van der Waals surface area contributed by atoms with Crippen LogP contribution in [0.15, 0.2) is 35.1 Å². The highest BCUT2D eigenvalue weighted by molar-refractivity contribution is 5.76. The van der Waals surface area contributed by atoms with Gasteiger partial charge in [-0.1, -0.05) is 17.7 Å². The highest BCUT2D eigenvalue weighted by Gasteiger charge is 2.26. The zero-order valence-electron chi connectivity index (χ0n) is 19.7. The van der Waals surface area contributed by atoms with Crippen LogP contribution in [0.25, 0.3) is 11.3 Å². The number of phenolic OH excluding ortho intramolecular Hbond substituents is 2. The fraction of sp³-hybridized carbons (Fsp3) is 0.320. The van der Waals surface area contributed by atoms with Crippen molar-refractivity contribution in [2.75, 3.05) is 11.4 Å². The van der Waals surface area contributed by atoms with E-state index in [1.807, 2.05) is 38.7 Å². The largest absolute Gasteiger partial charge is 0.504 e. The lowest BCUT2D eigenvalue weighted by atomic mass is 9.96. The summed E-state index contributed by atoms with van der Waals surface area (Å²) < 4.78 is 1.57. The predicted molar refractivity (Wildman–Crippen MR) is 131 cm³/mol. The van der Waals surface area contributed by atoms with Gasteiger partial charge in [0.05, 0.1) is 11.7 Å². The zero-order chi connectivity index (χ0) is 24.7. The minimum Gasteiger partial charge on any atom is -0.504 e. The summed E-state index contributed by atoms with van der Waals surface area (Å²) in [4.78, 5) is 30.9. The van der Waals surface area contributed by atoms with Crippen LogP contribution in [0.3, 0.4) is 0 Å². The van der Waals surface area contributed by atoms with E-state index in [1.165, 1.54) is 12.1 Å². The molecule has 0 saturated heterocycles. The SMILES string of the molecule is Cc1cc(C)c(N(c2cc3n(c(=O)n2)CCc2cc(O)c(O)cc2-3)C(C)CNC(N)=O)c(C)c1. The molecule has 2 heterocycles. The summed E-state index contributed by atoms with van der Waals surface area (Å²) in [5.41, 5.74) is 11.0. The molecule has 4 rings (SSSR count). The number of phenols is 2. The van der Waals surface area contributed by atoms with Gasteiger partial charge in [0.25, 0.3) is 0 Å². The lowest BCUT2D eigenvalue weighted by Gasteiger charge is -2.34. The van der Waals surface area contributed by atoms with Crippen LogP contribution in [0.2, 0.25) is 0 Å². The summed E-state index contributed by atoms with van der Waals surface area (Å²) in [6, 6.07) is 8.03. The lowest BCUT2D eigenvalue weighted by Crippen LogP contribution is -2.43. The molecule has 9 heteroatoms. The highest BCUT2D eigenvalue weighted by Crippen LogP contribution is 2.39. The smallest absolute Gasteiger partial charge is 0.350 e. The average molecular weight is 464 g/mol. The molecular formula is C25H29N5O4. The maximum absolute atomic E-state index is 13.1. The molecule has 0 aliphatic carbocycles. The second-order valence-corrected chi connectivity index (χ2v) is 8.89. The number of hydrogen-bond acceptors (Lipinski definition) is 6. The molecule has 34 heavy (non-hydrogen) atoms. The normalized spacial score (nSPS) is 13.1. The Labute approximate surface area is 197 Å². The summed E-state index contributed by atoms with van der Waals surface area (Å²) in [7, 11) is 0. The van der Waals surface area contributed by atoms with E-state index in [1.54, 1.807) is 4.57 Å². The Balaban J connectivity index is 1.93. The first-order valence-corrected chi connectivity index (χ1v) is 11.1. The van der Waals surface area contributed by atoms with E-state index in [4.69, 9.17) is 5.73 Å². The van der Waals surface area contributed by atoms with Crippen LogP contribution in [0.5, 0.6) is 11.5 Å². The van der Waals surface area contributed by atoms with E-state index in [2.05, 4.69) is 22.4 Å². The molecule has 0 bridgehead atoms. The number of rotatable bonds is 5. The van der Waals surface area contributed by atoms with Crippen molar-refractivity contribution in [3.63, 3.8) is 0 Å². The van der Waals surface area contributed by atoms with Crippen LogP contribution in [0.4, 0.5) is 16.3 Å². The predicted octanol–water partition coefficient (Wildman–Crippen LogP) is 3.00. The number of urea groups is 1. The van der Waals surface area contributed by atoms with Crippen molar-refractivity contribution in [3.8, 4) is 22.8 Å². The second-order valence-electron chi connectivity index (χ2n) is 8.89. The third-order valence-electron chi connectivity index (χ3n) is 6.21. The van der Waals surface area contributed by atoms with Gasteiger partial charge in [0.2, 0.25) is 0 Å². The first kappa shape index (κ1) is 23.2. The standard InChI is InChI=1S/C25H29N5O4/c1-13-7-14(2)23(15(3)8-13)30(16(4)12-27-24(26)33)22-11-19-18-10-21(32)20(31)9-17(18)5-6-29(19)25(34)28-22/h7-11,16,31-32H,5-6,12H2,1-4H3,(H3,26,27,33). The third-order valence-corrected chi connectivity index (χ3v) is 6.21. The van der Waals surface area contributed by atoms with Crippen molar-refractivity contribution in [1.29, 1.82) is 0 Å². The summed E-state index contributed by atoms with van der Waals surface area (Å²) in [6.07, 6.45) is 0.538. The van der Waals surface area contributed by atoms with Crippen LogP contribution in [-0.4, -0.2) is 38.4 Å². The average Bonchev–Trinajstić information content (AvgIpc) is 2.75. The monoisotopic (exact) mass is 463 g/mol. The summed E-state index contributed by atoms with van der Waals surface area (Å²) in [6.45, 7) is 8.60. The molecule has 5 N–H and O–H groups in total. The van der Waals surface area contributed by atoms with Gasteiger partial charge in [0, 0.05) is 30.4 Å². The van der Waals surface area contributed by atoms with Gasteiger partial charge in [-0.05, 0) is 62.9 Å². The molecule has 178 valence electrons. The maximum atomic E-state index is 13.1. The van der Waals surface area contributed by atoms with Crippen LogP contribution in [-0.2, 0) is 13.0 Å². The van der Waals surface area contributed by atoms with Crippen LogP contribution < -0.4 is 21.6 Å². The number of anilines is 2. The Kier molecular flexibility index (Phi) is 5.95. The van der Waals surface area contributed by atoms with Crippen LogP contribution >= 0.6 is 0 Å². The van der Waals surface area contributed by atoms with Gasteiger partial charge in [-0.2, -0.15) is 4.98 Å². The van der Waals surface area contributed by atoms with Crippen molar-refractivity contribution < 1.29 is 15.0 Å². The van der Waals surface area contributed by atoms with Gasteiger partial charge in [-0.15, -0.1) is 0 Å². The van der Waals surface area contributed by atoms with Crippen molar-refractivity contribution in [3.05, 3.63) is 63.1 Å². The number of hydrogen-bond donors (Lipinski definition) is 4. The van der Waals surface area contributed by atoms with Gasteiger partial charge in [0.15, 0.2) is 11.5 Å². The van der Waals surface area contributed by atoms with Crippen molar-refractivity contribution in [2.24, 2.45) is 5.73 Å². The Hall–Kier alpha value is -4.01. The molecule has 9 nitrogen and oxygen atoms in total. The molecule has 0 saturated carbocycles. The van der Waals surface area contributed by atoms with E-state index in [-0.39, 0.29) is 24.1 Å². The fourth-order valence-electron chi connectivity index (χ4n) is 4.81. The lowest BCUT2D eigenvalue weighted by molar-refractivity contribution is 0.248. The number of carbonyl (C=O) groups is 1. The number of nitrogens with zero attached hydrogens (tertiary/aromatic N) is 3. The van der Waals surface area contributed by atoms with E-state index in [9.17, 15) is 19.8 Å². The fourth-order valence-corrected chi connectivity index (χ4v) is 4.81. The summed E-state index contributed by atoms with van der Waals surface area (Å²) >= 11 is 0. The first-order chi connectivity index (χ1) is 16.1. The van der Waals surface area contributed by atoms with Gasteiger partial charge < -0.3 is 26.2 Å². The van der Waals surface area contributed by atoms with E-state index in [0.29, 0.717) is 30.0 Å². The highest BCUT2D eigenvalue weighted by atomic mass is 16.3. The van der Waals surface area contributed by atoms with E-state index < -0.39 is 11.7 Å². The summed E-state index contributed by atoms with van der Waals surface area (Å²) in [5.74, 6) is -0.0212. The quantitative estimate of drug-likeness (QED) is 0.430. The van der Waals surface area contributed by atoms with Crippen LogP contribution in [0, 0.1) is 20.8 Å². The molecule has 0 radical (unpaired) electrons. The van der Waals surface area contributed by atoms with Crippen molar-refractivity contribution >= 4 is 17.5 Å². The molecule has 1 unspecified atom stereocenters. The molecule has 1 atom stereocenters. The molecule has 1 aliphatic heterocycles. The topological polar surface area (TPSA) is 134 Å². The van der Waals surface area contributed by atoms with Crippen molar-refractivity contribution in [2.45, 2.75) is 46.7 Å². The molecule has 0 spiro atoms. The maximum Gasteiger partial charge on any atom is 0.350 e. The molecule has 3 aromatic rings. The number of carbonyl (C=O) groups excluding carboxylic acids is 1. The van der Waals surface area contributed by atoms with E-state index >= 15 is 0 Å². The Morgan fingerprint density at radius 2 is 1.79 bits per heavy atom. The first-order valence-electron chi connectivity index (χ1n) is 11.1. The Bertz CT molecular complexity index is 1320. The second kappa shape index (κ2) is 8.74. The van der Waals surface area contributed by atoms with Gasteiger partial charge in [-0.25, -0.2) is 9.59 Å². The Morgan fingerprint density at radius 1 is 1.15 bits per heavy atom. The number of amides is 2. The molecule has 2 aromatic carbocycles. The Morgan fingerprint density at radius 3 is 2.44 bits per heavy atom. The minimum absolute atomic E-state index is 0.192. The van der Waals surface area contributed by atoms with Gasteiger partial charge in [-0.3, -0.25) is 4.57 Å². The number of primary amides is 1. The summed E-state index contributed by atoms with van der Waals surface area (Å²) in [5, 5.41) is 22.7. The number of aryl methyl sites for hydroxylation is 4. The number of aromatic hydroxyl groups is 2. The van der Waals surface area contributed by atoms with Gasteiger partial charge >= 0.3 is 11.7 Å². The van der Waals surface area contributed by atoms with Gasteiger partial charge in [0.1, 0.15) is 5.82 Å². The number of nitrogens with one attached hydrogen (secondary N) is 1. The zero-order valence-corrected chi connectivity index (χ0v) is 19.7. The van der Waals surface area contributed by atoms with Crippen molar-refractivity contribution in [1.82, 2.24) is 14.9 Å². The minimum atomic E-state index is -0.633. The molecule has 2 amide bonds. The number of fused-ring (bicyclic) bond motifs is 3. The number of nitrogens with two attached hydrogens (primary N) is 1. The molecule has 1 aliphatic rings. The molecular weight excluding hydrogens is 434 g/mol. The van der Waals surface area contributed by atoms with E-state index in [0.717, 1.165) is 27.9 Å². The van der Waals surface area contributed by atoms with Crippen LogP contribution in [0.1, 0.15) is 29.2 Å². The third kappa shape index (κ3) is 4.16. The molecule has 1 aromatic heterocycles.